The molecule has 94 valence electrons. The predicted octanol–water partition coefficient (Wildman–Crippen LogP) is 0.349. The Morgan fingerprint density at radius 1 is 1.41 bits per heavy atom. The summed E-state index contributed by atoms with van der Waals surface area (Å²) in [5.74, 6) is 1.26. The lowest BCUT2D eigenvalue weighted by molar-refractivity contribution is -0.128. The van der Waals surface area contributed by atoms with Crippen molar-refractivity contribution in [3.8, 4) is 0 Å². The highest BCUT2D eigenvalue weighted by molar-refractivity contribution is 5.73. The molecule has 0 bridgehead atoms. The van der Waals surface area contributed by atoms with Crippen molar-refractivity contribution in [2.45, 2.75) is 26.4 Å². The van der Waals surface area contributed by atoms with E-state index in [4.69, 9.17) is 0 Å². The highest BCUT2D eigenvalue weighted by Gasteiger charge is 2.18. The fourth-order valence-electron chi connectivity index (χ4n) is 2.26. The third-order valence-corrected chi connectivity index (χ3v) is 3.14. The zero-order valence-corrected chi connectivity index (χ0v) is 10.8. The molecule has 5 heteroatoms. The molecule has 2 rings (SSSR count). The van der Waals surface area contributed by atoms with Crippen molar-refractivity contribution in [3.63, 3.8) is 0 Å². The molecule has 0 unspecified atom stereocenters. The Bertz CT molecular complexity index is 411. The Labute approximate surface area is 102 Å². The highest BCUT2D eigenvalue weighted by Crippen LogP contribution is 2.12. The van der Waals surface area contributed by atoms with Gasteiger partial charge in [0.05, 0.1) is 5.69 Å². The summed E-state index contributed by atoms with van der Waals surface area (Å²) < 4.78 is 2.25. The molecular weight excluding hydrogens is 216 g/mol. The number of carbonyl (C=O) groups is 1. The molecule has 1 aromatic heterocycles. The molecule has 0 spiro atoms. The lowest BCUT2D eigenvalue weighted by atomic mass is 10.4. The summed E-state index contributed by atoms with van der Waals surface area (Å²) in [6.45, 7) is 4.97. The van der Waals surface area contributed by atoms with Crippen molar-refractivity contribution in [2.75, 3.05) is 27.2 Å². The molecule has 0 fully saturated rings. The van der Waals surface area contributed by atoms with Crippen molar-refractivity contribution in [3.05, 3.63) is 17.7 Å². The first-order valence-electron chi connectivity index (χ1n) is 6.01. The normalized spacial score (nSPS) is 15.9. The van der Waals surface area contributed by atoms with Crippen molar-refractivity contribution in [1.29, 1.82) is 0 Å². The topological polar surface area (TPSA) is 41.4 Å². The molecule has 0 aliphatic carbocycles. The average molecular weight is 236 g/mol. The van der Waals surface area contributed by atoms with E-state index in [1.54, 1.807) is 6.92 Å². The Kier molecular flexibility index (Phi) is 3.47. The van der Waals surface area contributed by atoms with Crippen molar-refractivity contribution >= 4 is 5.91 Å². The molecule has 0 N–H and O–H groups in total. The van der Waals surface area contributed by atoms with Gasteiger partial charge in [-0.1, -0.05) is 0 Å². The quantitative estimate of drug-likeness (QED) is 0.744. The third kappa shape index (κ3) is 2.66. The first-order chi connectivity index (χ1) is 8.08. The van der Waals surface area contributed by atoms with E-state index in [0.29, 0.717) is 0 Å². The summed E-state index contributed by atoms with van der Waals surface area (Å²) in [5, 5.41) is 0. The highest BCUT2D eigenvalue weighted by atomic mass is 16.2. The predicted molar refractivity (Wildman–Crippen MR) is 65.6 cm³/mol. The number of imidazole rings is 1. The van der Waals surface area contributed by atoms with Gasteiger partial charge in [-0.2, -0.15) is 0 Å². The molecule has 0 atom stereocenters. The van der Waals surface area contributed by atoms with E-state index in [1.165, 1.54) is 5.69 Å². The molecule has 1 aliphatic rings. The number of fused-ring (bicyclic) bond motifs is 1. The van der Waals surface area contributed by atoms with E-state index in [-0.39, 0.29) is 5.91 Å². The van der Waals surface area contributed by atoms with Crippen LogP contribution in [-0.4, -0.2) is 52.4 Å². The second kappa shape index (κ2) is 4.87. The standard InChI is InChI=1S/C12H20N4O/c1-10(17)15-5-4-12-13-8-11(9-14(2)3)16(12)7-6-15/h8H,4-7,9H2,1-3H3. The van der Waals surface area contributed by atoms with E-state index in [2.05, 4.69) is 28.5 Å². The van der Waals surface area contributed by atoms with Gasteiger partial charge >= 0.3 is 0 Å². The molecule has 1 amide bonds. The number of aromatic nitrogens is 2. The molecule has 0 radical (unpaired) electrons. The summed E-state index contributed by atoms with van der Waals surface area (Å²) in [6, 6.07) is 0. The maximum absolute atomic E-state index is 11.4. The Hall–Kier alpha value is -1.36. The van der Waals surface area contributed by atoms with Crippen LogP contribution in [0.5, 0.6) is 0 Å². The zero-order chi connectivity index (χ0) is 12.4. The largest absolute Gasteiger partial charge is 0.341 e. The van der Waals surface area contributed by atoms with Crippen molar-refractivity contribution in [1.82, 2.24) is 19.4 Å². The lowest BCUT2D eigenvalue weighted by Crippen LogP contribution is -2.31. The van der Waals surface area contributed by atoms with Gasteiger partial charge in [0.25, 0.3) is 0 Å². The van der Waals surface area contributed by atoms with E-state index in [9.17, 15) is 4.79 Å². The van der Waals surface area contributed by atoms with Crippen LogP contribution in [0.25, 0.3) is 0 Å². The van der Waals surface area contributed by atoms with Gasteiger partial charge < -0.3 is 14.4 Å². The SMILES string of the molecule is CC(=O)N1CCc2ncc(CN(C)C)n2CC1. The summed E-state index contributed by atoms with van der Waals surface area (Å²) in [7, 11) is 4.11. The fraction of sp³-hybridized carbons (Fsp3) is 0.667. The summed E-state index contributed by atoms with van der Waals surface area (Å²) in [6.07, 6.45) is 2.81. The van der Waals surface area contributed by atoms with Crippen molar-refractivity contribution < 1.29 is 4.79 Å². The maximum atomic E-state index is 11.4. The number of hydrogen-bond acceptors (Lipinski definition) is 3. The monoisotopic (exact) mass is 236 g/mol. The van der Waals surface area contributed by atoms with Crippen LogP contribution in [0.15, 0.2) is 6.20 Å². The molecular formula is C12H20N4O. The first kappa shape index (κ1) is 12.1. The second-order valence-corrected chi connectivity index (χ2v) is 4.81. The van der Waals surface area contributed by atoms with Gasteiger partial charge in [0.1, 0.15) is 5.82 Å². The minimum atomic E-state index is 0.157. The molecule has 1 aromatic rings. The van der Waals surface area contributed by atoms with Gasteiger partial charge in [-0.3, -0.25) is 4.79 Å². The smallest absolute Gasteiger partial charge is 0.219 e. The van der Waals surface area contributed by atoms with Crippen LogP contribution in [0.4, 0.5) is 0 Å². The van der Waals surface area contributed by atoms with E-state index < -0.39 is 0 Å². The number of nitrogens with zero attached hydrogens (tertiary/aromatic N) is 4. The molecule has 0 saturated carbocycles. The van der Waals surface area contributed by atoms with Crippen LogP contribution in [0, 0.1) is 0 Å². The minimum Gasteiger partial charge on any atom is -0.341 e. The molecule has 2 heterocycles. The van der Waals surface area contributed by atoms with Gasteiger partial charge in [0.2, 0.25) is 5.91 Å². The molecule has 0 aromatic carbocycles. The average Bonchev–Trinajstić information content (AvgIpc) is 2.49. The Morgan fingerprint density at radius 3 is 2.82 bits per heavy atom. The number of amides is 1. The van der Waals surface area contributed by atoms with Gasteiger partial charge in [-0.25, -0.2) is 4.98 Å². The summed E-state index contributed by atoms with van der Waals surface area (Å²) in [4.78, 5) is 19.9. The van der Waals surface area contributed by atoms with Crippen LogP contribution < -0.4 is 0 Å². The molecule has 17 heavy (non-hydrogen) atoms. The number of carbonyl (C=O) groups excluding carboxylic acids is 1. The summed E-state index contributed by atoms with van der Waals surface area (Å²) in [5.41, 5.74) is 1.23. The lowest BCUT2D eigenvalue weighted by Gasteiger charge is -2.18. The number of rotatable bonds is 2. The first-order valence-corrected chi connectivity index (χ1v) is 6.01. The van der Waals surface area contributed by atoms with Crippen LogP contribution in [0.3, 0.4) is 0 Å². The van der Waals surface area contributed by atoms with E-state index >= 15 is 0 Å². The van der Waals surface area contributed by atoms with Gasteiger partial charge in [0, 0.05) is 45.7 Å². The Morgan fingerprint density at radius 2 is 2.18 bits per heavy atom. The molecule has 0 saturated heterocycles. The zero-order valence-electron chi connectivity index (χ0n) is 10.8. The van der Waals surface area contributed by atoms with Crippen LogP contribution >= 0.6 is 0 Å². The fourth-order valence-corrected chi connectivity index (χ4v) is 2.26. The van der Waals surface area contributed by atoms with E-state index in [1.807, 2.05) is 11.1 Å². The van der Waals surface area contributed by atoms with Crippen LogP contribution in [-0.2, 0) is 24.3 Å². The van der Waals surface area contributed by atoms with Crippen LogP contribution in [0.2, 0.25) is 0 Å². The van der Waals surface area contributed by atoms with Crippen molar-refractivity contribution in [2.24, 2.45) is 0 Å². The van der Waals surface area contributed by atoms with Crippen LogP contribution in [0.1, 0.15) is 18.4 Å². The summed E-state index contributed by atoms with van der Waals surface area (Å²) >= 11 is 0. The maximum Gasteiger partial charge on any atom is 0.219 e. The van der Waals surface area contributed by atoms with E-state index in [0.717, 1.165) is 38.4 Å². The second-order valence-electron chi connectivity index (χ2n) is 4.81. The minimum absolute atomic E-state index is 0.157. The molecule has 1 aliphatic heterocycles. The Balaban J connectivity index is 2.15. The molecule has 5 nitrogen and oxygen atoms in total. The van der Waals surface area contributed by atoms with Gasteiger partial charge in [-0.05, 0) is 14.1 Å². The third-order valence-electron chi connectivity index (χ3n) is 3.14. The van der Waals surface area contributed by atoms with Gasteiger partial charge in [0.15, 0.2) is 0 Å². The number of hydrogen-bond donors (Lipinski definition) is 0. The van der Waals surface area contributed by atoms with Gasteiger partial charge in [-0.15, -0.1) is 0 Å².